The molecule has 4 aliphatic rings. The second-order valence-electron chi connectivity index (χ2n) is 5.30. The fourth-order valence-corrected chi connectivity index (χ4v) is 4.13. The van der Waals surface area contributed by atoms with Crippen molar-refractivity contribution >= 4 is 0 Å². The van der Waals surface area contributed by atoms with Crippen molar-refractivity contribution in [2.45, 2.75) is 37.9 Å². The van der Waals surface area contributed by atoms with Crippen LogP contribution in [-0.4, -0.2) is 38.0 Å². The monoisotopic (exact) mass is 228 g/mol. The molecule has 0 aromatic carbocycles. The van der Waals surface area contributed by atoms with Gasteiger partial charge in [-0.2, -0.15) is 0 Å². The van der Waals surface area contributed by atoms with Crippen LogP contribution in [0.4, 0.5) is 0 Å². The highest BCUT2D eigenvalue weighted by Gasteiger charge is 2.58. The molecule has 0 spiro atoms. The molecular formula is C12H20O4. The van der Waals surface area contributed by atoms with Crippen molar-refractivity contribution in [3.63, 3.8) is 0 Å². The Bertz CT molecular complexity index is 270. The molecular weight excluding hydrogens is 208 g/mol. The van der Waals surface area contributed by atoms with E-state index in [0.29, 0.717) is 23.7 Å². The van der Waals surface area contributed by atoms with Gasteiger partial charge in [-0.15, -0.1) is 0 Å². The zero-order chi connectivity index (χ0) is 11.3. The van der Waals surface area contributed by atoms with Crippen LogP contribution < -0.4 is 0 Å². The van der Waals surface area contributed by atoms with Crippen molar-refractivity contribution in [3.8, 4) is 0 Å². The summed E-state index contributed by atoms with van der Waals surface area (Å²) in [6.45, 7) is 0. The molecule has 0 aromatic rings. The van der Waals surface area contributed by atoms with Gasteiger partial charge in [0.2, 0.25) is 0 Å². The van der Waals surface area contributed by atoms with Gasteiger partial charge in [0.05, 0.1) is 6.10 Å². The standard InChI is InChI=1S/C12H20O4/c1-14-11-9-6-3-4-7(8(13)5-6)10(9)12(15-2)16-11/h6-13H,3-5H2,1-2H3/t6-,7-,8-,9+,10+,11-,12-/m1/s1. The minimum Gasteiger partial charge on any atom is -0.393 e. The van der Waals surface area contributed by atoms with Crippen molar-refractivity contribution in [1.29, 1.82) is 0 Å². The van der Waals surface area contributed by atoms with Gasteiger partial charge >= 0.3 is 0 Å². The van der Waals surface area contributed by atoms with Crippen molar-refractivity contribution in [2.24, 2.45) is 23.7 Å². The summed E-state index contributed by atoms with van der Waals surface area (Å²) in [4.78, 5) is 0. The lowest BCUT2D eigenvalue weighted by atomic mass is 9.58. The second-order valence-corrected chi connectivity index (χ2v) is 5.30. The summed E-state index contributed by atoms with van der Waals surface area (Å²) in [5.74, 6) is 1.60. The molecule has 1 saturated heterocycles. The molecule has 0 radical (unpaired) electrons. The Kier molecular flexibility index (Phi) is 2.70. The van der Waals surface area contributed by atoms with E-state index in [1.54, 1.807) is 14.2 Å². The Labute approximate surface area is 95.9 Å². The molecule has 3 aliphatic carbocycles. The molecule has 92 valence electrons. The molecule has 3 saturated carbocycles. The number of hydrogen-bond donors (Lipinski definition) is 1. The zero-order valence-corrected chi connectivity index (χ0v) is 9.83. The maximum absolute atomic E-state index is 10.1. The third-order valence-corrected chi connectivity index (χ3v) is 4.75. The Morgan fingerprint density at radius 1 is 1.06 bits per heavy atom. The molecule has 0 unspecified atom stereocenters. The lowest BCUT2D eigenvalue weighted by molar-refractivity contribution is -0.199. The quantitative estimate of drug-likeness (QED) is 0.765. The van der Waals surface area contributed by atoms with Crippen molar-refractivity contribution in [3.05, 3.63) is 0 Å². The third-order valence-electron chi connectivity index (χ3n) is 4.75. The molecule has 0 amide bonds. The van der Waals surface area contributed by atoms with Crippen LogP contribution in [-0.2, 0) is 14.2 Å². The Hall–Kier alpha value is -0.160. The van der Waals surface area contributed by atoms with Crippen LogP contribution >= 0.6 is 0 Å². The Balaban J connectivity index is 1.89. The molecule has 4 rings (SSSR count). The first-order valence-electron chi connectivity index (χ1n) is 6.15. The molecule has 4 heteroatoms. The maximum Gasteiger partial charge on any atom is 0.163 e. The van der Waals surface area contributed by atoms with E-state index < -0.39 is 0 Å². The van der Waals surface area contributed by atoms with Crippen LogP contribution in [0.1, 0.15) is 19.3 Å². The predicted octanol–water partition coefficient (Wildman–Crippen LogP) is 0.985. The van der Waals surface area contributed by atoms with E-state index in [4.69, 9.17) is 14.2 Å². The van der Waals surface area contributed by atoms with Crippen LogP contribution in [0, 0.1) is 23.7 Å². The normalized spacial score (nSPS) is 55.3. The maximum atomic E-state index is 10.1. The van der Waals surface area contributed by atoms with Gasteiger partial charge in [-0.3, -0.25) is 0 Å². The summed E-state index contributed by atoms with van der Waals surface area (Å²) in [5, 5.41) is 10.1. The van der Waals surface area contributed by atoms with Crippen LogP contribution in [0.25, 0.3) is 0 Å². The Morgan fingerprint density at radius 2 is 1.75 bits per heavy atom. The summed E-state index contributed by atoms with van der Waals surface area (Å²) < 4.78 is 16.6. The van der Waals surface area contributed by atoms with Gasteiger partial charge in [-0.1, -0.05) is 0 Å². The summed E-state index contributed by atoms with van der Waals surface area (Å²) >= 11 is 0. The lowest BCUT2D eigenvalue weighted by Gasteiger charge is -2.49. The summed E-state index contributed by atoms with van der Waals surface area (Å²) in [6, 6.07) is 0. The van der Waals surface area contributed by atoms with Gasteiger partial charge in [0.1, 0.15) is 0 Å². The minimum absolute atomic E-state index is 0.143. The van der Waals surface area contributed by atoms with Gasteiger partial charge in [0.25, 0.3) is 0 Å². The largest absolute Gasteiger partial charge is 0.393 e. The fraction of sp³-hybridized carbons (Fsp3) is 1.00. The summed E-state index contributed by atoms with van der Waals surface area (Å²) in [5.41, 5.74) is 0. The van der Waals surface area contributed by atoms with Crippen LogP contribution in [0.2, 0.25) is 0 Å². The lowest BCUT2D eigenvalue weighted by Crippen LogP contribution is -2.50. The third kappa shape index (κ3) is 1.37. The van der Waals surface area contributed by atoms with Gasteiger partial charge < -0.3 is 19.3 Å². The summed E-state index contributed by atoms with van der Waals surface area (Å²) in [6.07, 6.45) is 2.70. The first-order valence-corrected chi connectivity index (χ1v) is 6.15. The first-order chi connectivity index (χ1) is 7.76. The molecule has 1 N–H and O–H groups in total. The fourth-order valence-electron chi connectivity index (χ4n) is 4.13. The highest BCUT2D eigenvalue weighted by molar-refractivity contribution is 5.02. The van der Waals surface area contributed by atoms with Crippen molar-refractivity contribution in [2.75, 3.05) is 14.2 Å². The number of ether oxygens (including phenoxy) is 3. The first kappa shape index (κ1) is 11.0. The number of rotatable bonds is 2. The van der Waals surface area contributed by atoms with Gasteiger partial charge in [-0.05, 0) is 31.1 Å². The van der Waals surface area contributed by atoms with E-state index in [-0.39, 0.29) is 18.7 Å². The molecule has 4 nitrogen and oxygen atoms in total. The zero-order valence-electron chi connectivity index (χ0n) is 9.83. The van der Waals surface area contributed by atoms with E-state index in [2.05, 4.69) is 0 Å². The van der Waals surface area contributed by atoms with Gasteiger partial charge in [0.15, 0.2) is 12.6 Å². The average molecular weight is 228 g/mol. The van der Waals surface area contributed by atoms with E-state index in [0.717, 1.165) is 12.8 Å². The predicted molar refractivity (Wildman–Crippen MR) is 56.5 cm³/mol. The number of aliphatic hydroxyl groups excluding tert-OH is 1. The minimum atomic E-state index is -0.197. The number of aliphatic hydroxyl groups is 1. The van der Waals surface area contributed by atoms with E-state index in [1.807, 2.05) is 0 Å². The van der Waals surface area contributed by atoms with Crippen LogP contribution in [0.3, 0.4) is 0 Å². The molecule has 0 aromatic heterocycles. The summed E-state index contributed by atoms with van der Waals surface area (Å²) in [7, 11) is 3.37. The molecule has 2 bridgehead atoms. The average Bonchev–Trinajstić information content (AvgIpc) is 2.69. The highest BCUT2D eigenvalue weighted by Crippen LogP contribution is 2.55. The number of fused-ring (bicyclic) bond motifs is 2. The molecule has 1 heterocycles. The number of hydrogen-bond acceptors (Lipinski definition) is 4. The second kappa shape index (κ2) is 3.95. The number of methoxy groups -OCH3 is 2. The van der Waals surface area contributed by atoms with Gasteiger partial charge in [-0.25, -0.2) is 0 Å². The Morgan fingerprint density at radius 3 is 2.38 bits per heavy atom. The van der Waals surface area contributed by atoms with Crippen LogP contribution in [0.5, 0.6) is 0 Å². The van der Waals surface area contributed by atoms with Crippen LogP contribution in [0.15, 0.2) is 0 Å². The van der Waals surface area contributed by atoms with Crippen molar-refractivity contribution in [1.82, 2.24) is 0 Å². The van der Waals surface area contributed by atoms with E-state index in [9.17, 15) is 5.11 Å². The SMILES string of the molecule is CO[C@@H]1O[C@@H](OC)[C@H]2[C@@H]3CC[C@H](C[C@H]3O)[C@H]12. The molecule has 7 atom stereocenters. The van der Waals surface area contributed by atoms with E-state index in [1.165, 1.54) is 6.42 Å². The highest BCUT2D eigenvalue weighted by atomic mass is 16.8. The molecule has 4 fully saturated rings. The molecule has 16 heavy (non-hydrogen) atoms. The topological polar surface area (TPSA) is 47.9 Å². The van der Waals surface area contributed by atoms with Crippen molar-refractivity contribution < 1.29 is 19.3 Å². The smallest absolute Gasteiger partial charge is 0.163 e. The molecule has 1 aliphatic heterocycles. The van der Waals surface area contributed by atoms with Gasteiger partial charge in [0, 0.05) is 26.1 Å². The van der Waals surface area contributed by atoms with E-state index >= 15 is 0 Å².